The summed E-state index contributed by atoms with van der Waals surface area (Å²) in [5.74, 6) is 0. The lowest BCUT2D eigenvalue weighted by Gasteiger charge is -2.15. The Balaban J connectivity index is 2.04. The number of aryl methyl sites for hydroxylation is 1. The van der Waals surface area contributed by atoms with Crippen LogP contribution < -0.4 is 0 Å². The Hall–Kier alpha value is -2.46. The fourth-order valence-corrected chi connectivity index (χ4v) is 2.23. The first-order valence-corrected chi connectivity index (χ1v) is 6.45. The molecule has 4 nitrogen and oxygen atoms in total. The van der Waals surface area contributed by atoms with Crippen molar-refractivity contribution in [3.63, 3.8) is 0 Å². The molecule has 20 heavy (non-hydrogen) atoms. The zero-order valence-electron chi connectivity index (χ0n) is 11.1. The van der Waals surface area contributed by atoms with Crippen LogP contribution in [0.15, 0.2) is 61.1 Å². The van der Waals surface area contributed by atoms with Crippen LogP contribution in [-0.4, -0.2) is 19.9 Å². The number of pyridine rings is 1. The Morgan fingerprint density at radius 1 is 1.05 bits per heavy atom. The second-order valence-corrected chi connectivity index (χ2v) is 4.64. The highest BCUT2D eigenvalue weighted by Gasteiger charge is 2.18. The van der Waals surface area contributed by atoms with Gasteiger partial charge in [-0.2, -0.15) is 5.10 Å². The third-order valence-electron chi connectivity index (χ3n) is 3.33. The smallest absolute Gasteiger partial charge is 0.123 e. The third-order valence-corrected chi connectivity index (χ3v) is 3.33. The van der Waals surface area contributed by atoms with Crippen molar-refractivity contribution in [1.82, 2.24) is 14.8 Å². The molecule has 0 radical (unpaired) electrons. The molecule has 4 heteroatoms. The lowest BCUT2D eigenvalue weighted by molar-refractivity contribution is 0.211. The molecule has 0 aliphatic heterocycles. The van der Waals surface area contributed by atoms with Crippen LogP contribution in [0, 0.1) is 6.92 Å². The molecule has 2 aromatic heterocycles. The van der Waals surface area contributed by atoms with Crippen LogP contribution in [0.25, 0.3) is 5.69 Å². The fraction of sp³-hybridized carbons (Fsp3) is 0.125. The van der Waals surface area contributed by atoms with E-state index in [2.05, 4.69) is 10.1 Å². The van der Waals surface area contributed by atoms with Crippen LogP contribution in [0.5, 0.6) is 0 Å². The van der Waals surface area contributed by atoms with Gasteiger partial charge in [0.05, 0.1) is 11.4 Å². The minimum absolute atomic E-state index is 0.729. The van der Waals surface area contributed by atoms with E-state index in [4.69, 9.17) is 0 Å². The van der Waals surface area contributed by atoms with Crippen molar-refractivity contribution in [2.45, 2.75) is 13.0 Å². The van der Waals surface area contributed by atoms with Gasteiger partial charge in [-0.05, 0) is 36.8 Å². The monoisotopic (exact) mass is 265 g/mol. The number of aliphatic hydroxyl groups is 1. The van der Waals surface area contributed by atoms with E-state index in [9.17, 15) is 5.11 Å². The Morgan fingerprint density at radius 2 is 1.85 bits per heavy atom. The van der Waals surface area contributed by atoms with E-state index in [1.54, 1.807) is 23.3 Å². The van der Waals surface area contributed by atoms with E-state index >= 15 is 0 Å². The molecule has 0 bridgehead atoms. The predicted octanol–water partition coefficient (Wildman–Crippen LogP) is 2.66. The molecule has 0 saturated heterocycles. The van der Waals surface area contributed by atoms with Crippen molar-refractivity contribution >= 4 is 0 Å². The van der Waals surface area contributed by atoms with E-state index in [1.807, 2.05) is 49.4 Å². The summed E-state index contributed by atoms with van der Waals surface area (Å²) < 4.78 is 1.75. The van der Waals surface area contributed by atoms with Crippen LogP contribution in [0.3, 0.4) is 0 Å². The molecule has 2 heterocycles. The summed E-state index contributed by atoms with van der Waals surface area (Å²) in [7, 11) is 0. The molecular formula is C16H15N3O. The second kappa shape index (κ2) is 5.27. The van der Waals surface area contributed by atoms with Crippen LogP contribution >= 0.6 is 0 Å². The molecule has 0 saturated carbocycles. The largest absolute Gasteiger partial charge is 0.382 e. The van der Waals surface area contributed by atoms with Gasteiger partial charge in [0.1, 0.15) is 6.10 Å². The molecule has 0 fully saturated rings. The maximum atomic E-state index is 10.6. The molecule has 3 rings (SSSR count). The van der Waals surface area contributed by atoms with Gasteiger partial charge in [-0.25, -0.2) is 4.68 Å². The zero-order valence-corrected chi connectivity index (χ0v) is 11.1. The Bertz CT molecular complexity index is 707. The molecule has 1 N–H and O–H groups in total. The second-order valence-electron chi connectivity index (χ2n) is 4.64. The molecule has 0 aliphatic rings. The Kier molecular flexibility index (Phi) is 3.31. The SMILES string of the molecule is Cc1ccncc1C(O)c1ccnn1-c1ccccc1. The number of hydrogen-bond donors (Lipinski definition) is 1. The fourth-order valence-electron chi connectivity index (χ4n) is 2.23. The summed E-state index contributed by atoms with van der Waals surface area (Å²) in [5, 5.41) is 14.9. The average Bonchev–Trinajstić information content (AvgIpc) is 2.97. The van der Waals surface area contributed by atoms with E-state index in [0.29, 0.717) is 0 Å². The topological polar surface area (TPSA) is 50.9 Å². The predicted molar refractivity (Wildman–Crippen MR) is 76.6 cm³/mol. The summed E-state index contributed by atoms with van der Waals surface area (Å²) in [6.07, 6.45) is 4.37. The Morgan fingerprint density at radius 3 is 2.60 bits per heavy atom. The number of benzene rings is 1. The van der Waals surface area contributed by atoms with Gasteiger partial charge in [-0.1, -0.05) is 18.2 Å². The van der Waals surface area contributed by atoms with Crippen LogP contribution in [0.4, 0.5) is 0 Å². The number of aromatic nitrogens is 3. The number of aliphatic hydroxyl groups excluding tert-OH is 1. The zero-order chi connectivity index (χ0) is 13.9. The normalized spacial score (nSPS) is 12.3. The molecular weight excluding hydrogens is 250 g/mol. The number of hydrogen-bond acceptors (Lipinski definition) is 3. The van der Waals surface area contributed by atoms with Crippen molar-refractivity contribution < 1.29 is 5.11 Å². The van der Waals surface area contributed by atoms with Gasteiger partial charge in [0, 0.05) is 24.2 Å². The van der Waals surface area contributed by atoms with E-state index in [1.165, 1.54) is 0 Å². The third kappa shape index (κ3) is 2.21. The number of para-hydroxylation sites is 1. The van der Waals surface area contributed by atoms with Gasteiger partial charge in [-0.15, -0.1) is 0 Å². The first-order chi connectivity index (χ1) is 9.77. The summed E-state index contributed by atoms with van der Waals surface area (Å²) >= 11 is 0. The minimum atomic E-state index is -0.744. The highest BCUT2D eigenvalue weighted by molar-refractivity contribution is 5.36. The van der Waals surface area contributed by atoms with Crippen LogP contribution in [0.1, 0.15) is 22.9 Å². The van der Waals surface area contributed by atoms with Crippen molar-refractivity contribution in [3.05, 3.63) is 77.9 Å². The summed E-state index contributed by atoms with van der Waals surface area (Å²) in [6.45, 7) is 1.96. The van der Waals surface area contributed by atoms with Gasteiger partial charge in [0.15, 0.2) is 0 Å². The number of nitrogens with zero attached hydrogens (tertiary/aromatic N) is 3. The van der Waals surface area contributed by atoms with Crippen LogP contribution in [-0.2, 0) is 0 Å². The van der Waals surface area contributed by atoms with Gasteiger partial charge in [0.2, 0.25) is 0 Å². The maximum Gasteiger partial charge on any atom is 0.123 e. The molecule has 1 atom stereocenters. The average molecular weight is 265 g/mol. The molecule has 3 aromatic rings. The van der Waals surface area contributed by atoms with Crippen molar-refractivity contribution in [3.8, 4) is 5.69 Å². The van der Waals surface area contributed by atoms with E-state index in [0.717, 1.165) is 22.5 Å². The first-order valence-electron chi connectivity index (χ1n) is 6.45. The lowest BCUT2D eigenvalue weighted by atomic mass is 10.0. The summed E-state index contributed by atoms with van der Waals surface area (Å²) in [4.78, 5) is 4.09. The quantitative estimate of drug-likeness (QED) is 0.792. The summed E-state index contributed by atoms with van der Waals surface area (Å²) in [6, 6.07) is 13.5. The van der Waals surface area contributed by atoms with Crippen LogP contribution in [0.2, 0.25) is 0 Å². The lowest BCUT2D eigenvalue weighted by Crippen LogP contribution is -2.09. The van der Waals surface area contributed by atoms with E-state index in [-0.39, 0.29) is 0 Å². The molecule has 0 spiro atoms. The molecule has 1 aromatic carbocycles. The van der Waals surface area contributed by atoms with Gasteiger partial charge in [-0.3, -0.25) is 4.98 Å². The minimum Gasteiger partial charge on any atom is -0.382 e. The van der Waals surface area contributed by atoms with Crippen molar-refractivity contribution in [2.75, 3.05) is 0 Å². The molecule has 100 valence electrons. The Labute approximate surface area is 117 Å². The summed E-state index contributed by atoms with van der Waals surface area (Å²) in [5.41, 5.74) is 3.46. The van der Waals surface area contributed by atoms with Gasteiger partial charge >= 0.3 is 0 Å². The first kappa shape index (κ1) is 12.6. The standard InChI is InChI=1S/C16H15N3O/c1-12-7-9-17-11-14(12)16(20)15-8-10-18-19(15)13-5-3-2-4-6-13/h2-11,16,20H,1H3. The molecule has 0 amide bonds. The van der Waals surface area contributed by atoms with Gasteiger partial charge < -0.3 is 5.11 Å². The highest BCUT2D eigenvalue weighted by atomic mass is 16.3. The van der Waals surface area contributed by atoms with E-state index < -0.39 is 6.10 Å². The number of rotatable bonds is 3. The molecule has 1 unspecified atom stereocenters. The highest BCUT2D eigenvalue weighted by Crippen LogP contribution is 2.25. The van der Waals surface area contributed by atoms with Crippen molar-refractivity contribution in [1.29, 1.82) is 0 Å². The maximum absolute atomic E-state index is 10.6. The molecule has 0 aliphatic carbocycles. The van der Waals surface area contributed by atoms with Gasteiger partial charge in [0.25, 0.3) is 0 Å². The van der Waals surface area contributed by atoms with Crippen molar-refractivity contribution in [2.24, 2.45) is 0 Å².